The zero-order chi connectivity index (χ0) is 22.0. The molecule has 6 heteroatoms. The van der Waals surface area contributed by atoms with Gasteiger partial charge in [-0.3, -0.25) is 9.59 Å². The molecule has 2 unspecified atom stereocenters. The van der Waals surface area contributed by atoms with Crippen molar-refractivity contribution in [1.82, 2.24) is 10.2 Å². The van der Waals surface area contributed by atoms with Gasteiger partial charge in [0.1, 0.15) is 5.82 Å². The van der Waals surface area contributed by atoms with E-state index in [9.17, 15) is 19.1 Å². The van der Waals surface area contributed by atoms with Gasteiger partial charge in [0.25, 0.3) is 5.91 Å². The summed E-state index contributed by atoms with van der Waals surface area (Å²) in [6.07, 6.45) is 12.9. The minimum atomic E-state index is -0.889. The molecule has 0 aromatic heterocycles. The fourth-order valence-corrected chi connectivity index (χ4v) is 5.40. The molecule has 31 heavy (non-hydrogen) atoms. The maximum absolute atomic E-state index is 14.5. The van der Waals surface area contributed by atoms with Crippen LogP contribution in [0.3, 0.4) is 0 Å². The minimum Gasteiger partial charge on any atom is -0.481 e. The number of hydrogen-bond donors (Lipinski definition) is 2. The fourth-order valence-electron chi connectivity index (χ4n) is 5.40. The van der Waals surface area contributed by atoms with Gasteiger partial charge in [-0.2, -0.15) is 0 Å². The number of benzene rings is 1. The molecule has 0 radical (unpaired) electrons. The molecule has 0 bridgehead atoms. The number of carboxylic acid groups (broad SMARTS) is 1. The van der Waals surface area contributed by atoms with E-state index in [-0.39, 0.29) is 11.5 Å². The third-order valence-electron chi connectivity index (χ3n) is 7.00. The summed E-state index contributed by atoms with van der Waals surface area (Å²) in [7, 11) is 0. The molecular formula is C25H31FN2O3. The second-order valence-electron chi connectivity index (χ2n) is 9.05. The molecule has 1 aromatic carbocycles. The Morgan fingerprint density at radius 3 is 2.58 bits per heavy atom. The second kappa shape index (κ2) is 9.25. The predicted molar refractivity (Wildman–Crippen MR) is 117 cm³/mol. The summed E-state index contributed by atoms with van der Waals surface area (Å²) in [6.45, 7) is 2.16. The Morgan fingerprint density at radius 1 is 1.16 bits per heavy atom. The van der Waals surface area contributed by atoms with Gasteiger partial charge in [0.05, 0.1) is 17.5 Å². The van der Waals surface area contributed by atoms with Crippen LogP contribution in [-0.4, -0.2) is 40.5 Å². The smallest absolute Gasteiger partial charge is 0.308 e. The van der Waals surface area contributed by atoms with Crippen molar-refractivity contribution in [2.75, 3.05) is 6.54 Å². The molecule has 1 saturated heterocycles. The lowest BCUT2D eigenvalue weighted by molar-refractivity contribution is -0.146. The number of nitrogens with one attached hydrogen (secondary N) is 1. The lowest BCUT2D eigenvalue weighted by atomic mass is 9.78. The highest BCUT2D eigenvalue weighted by atomic mass is 19.1. The Labute approximate surface area is 183 Å². The van der Waals surface area contributed by atoms with E-state index in [0.717, 1.165) is 5.70 Å². The van der Waals surface area contributed by atoms with E-state index in [0.29, 0.717) is 37.4 Å². The first kappa shape index (κ1) is 21.6. The highest BCUT2D eigenvalue weighted by Gasteiger charge is 2.43. The van der Waals surface area contributed by atoms with E-state index in [4.69, 9.17) is 0 Å². The van der Waals surface area contributed by atoms with Crippen LogP contribution in [0, 0.1) is 24.6 Å². The molecular weight excluding hydrogens is 395 g/mol. The first-order valence-electron chi connectivity index (χ1n) is 11.4. The Hall–Kier alpha value is -2.63. The normalized spacial score (nSPS) is 26.6. The van der Waals surface area contributed by atoms with Crippen molar-refractivity contribution in [3.63, 3.8) is 0 Å². The number of aryl methyl sites for hydroxylation is 1. The first-order chi connectivity index (χ1) is 15.0. The van der Waals surface area contributed by atoms with Crippen LogP contribution in [0.1, 0.15) is 60.9 Å². The molecule has 1 aliphatic heterocycles. The molecule has 1 heterocycles. The number of nitrogens with zero attached hydrogens (tertiary/aromatic N) is 1. The third-order valence-corrected chi connectivity index (χ3v) is 7.00. The number of carboxylic acids is 1. The number of carbonyl (C=O) groups excluding carboxylic acids is 1. The van der Waals surface area contributed by atoms with Crippen LogP contribution in [0.25, 0.3) is 0 Å². The van der Waals surface area contributed by atoms with Crippen LogP contribution in [0.5, 0.6) is 0 Å². The third kappa shape index (κ3) is 4.53. The van der Waals surface area contributed by atoms with E-state index in [2.05, 4.69) is 11.4 Å². The summed E-state index contributed by atoms with van der Waals surface area (Å²) in [5.41, 5.74) is 1.70. The van der Waals surface area contributed by atoms with Crippen LogP contribution in [0.15, 0.2) is 42.1 Å². The molecule has 2 aliphatic carbocycles. The Balaban J connectivity index is 1.57. The van der Waals surface area contributed by atoms with Crippen molar-refractivity contribution < 1.29 is 19.1 Å². The number of amides is 1. The zero-order valence-corrected chi connectivity index (χ0v) is 18.0. The van der Waals surface area contributed by atoms with Crippen molar-refractivity contribution in [2.24, 2.45) is 11.8 Å². The van der Waals surface area contributed by atoms with Gasteiger partial charge >= 0.3 is 5.97 Å². The van der Waals surface area contributed by atoms with E-state index in [1.165, 1.54) is 31.7 Å². The molecule has 1 aromatic rings. The highest BCUT2D eigenvalue weighted by Crippen LogP contribution is 2.35. The van der Waals surface area contributed by atoms with Gasteiger partial charge in [-0.15, -0.1) is 0 Å². The number of rotatable bonds is 5. The topological polar surface area (TPSA) is 69.6 Å². The molecule has 4 rings (SSSR count). The lowest BCUT2D eigenvalue weighted by Crippen LogP contribution is -2.54. The standard InChI is InChI=1S/C25H31FN2O3/c1-16-6-4-10-21(26)22(16)24(29)28-15-5-9-20(25(30)31)23(28)17-11-13-19(14-12-17)27-18-7-2-3-8-18/h4,6,10-11,13-14,17-18,20,23,27H,2-3,5,7-9,12,15H2,1H3,(H,30,31)/t17-,20?,23?/m1/s1. The summed E-state index contributed by atoms with van der Waals surface area (Å²) in [6, 6.07) is 4.61. The maximum atomic E-state index is 14.5. The van der Waals surface area contributed by atoms with Crippen molar-refractivity contribution in [1.29, 1.82) is 0 Å². The van der Waals surface area contributed by atoms with E-state index in [1.807, 2.05) is 12.2 Å². The van der Waals surface area contributed by atoms with E-state index >= 15 is 0 Å². The Bertz CT molecular complexity index is 884. The molecule has 3 atom stereocenters. The lowest BCUT2D eigenvalue weighted by Gasteiger charge is -2.43. The van der Waals surface area contributed by atoms with Gasteiger partial charge in [-0.1, -0.05) is 37.1 Å². The molecule has 5 nitrogen and oxygen atoms in total. The molecule has 1 saturated carbocycles. The summed E-state index contributed by atoms with van der Waals surface area (Å²) >= 11 is 0. The SMILES string of the molecule is Cc1cccc(F)c1C(=O)N1CCCC(C(=O)O)C1[C@@H]1C=CC(NC2CCCC2)=CC1. The van der Waals surface area contributed by atoms with Gasteiger partial charge in [-0.05, 0) is 56.7 Å². The molecule has 1 amide bonds. The summed E-state index contributed by atoms with van der Waals surface area (Å²) < 4.78 is 14.5. The van der Waals surface area contributed by atoms with E-state index in [1.54, 1.807) is 24.0 Å². The predicted octanol–water partition coefficient (Wildman–Crippen LogP) is 4.43. The zero-order valence-electron chi connectivity index (χ0n) is 18.0. The number of halogens is 1. The molecule has 0 spiro atoms. The average molecular weight is 427 g/mol. The number of carbonyl (C=O) groups is 2. The molecule has 3 aliphatic rings. The van der Waals surface area contributed by atoms with Gasteiger partial charge in [0.2, 0.25) is 0 Å². The summed E-state index contributed by atoms with van der Waals surface area (Å²) in [5.74, 6) is -2.61. The number of likely N-dealkylation sites (tertiary alicyclic amines) is 1. The van der Waals surface area contributed by atoms with Crippen LogP contribution in [0.2, 0.25) is 0 Å². The average Bonchev–Trinajstić information content (AvgIpc) is 3.26. The van der Waals surface area contributed by atoms with Crippen molar-refractivity contribution in [3.8, 4) is 0 Å². The Morgan fingerprint density at radius 2 is 1.94 bits per heavy atom. The van der Waals surface area contributed by atoms with Crippen molar-refractivity contribution in [3.05, 3.63) is 59.1 Å². The quantitative estimate of drug-likeness (QED) is 0.731. The van der Waals surface area contributed by atoms with Gasteiger partial charge in [-0.25, -0.2) is 4.39 Å². The first-order valence-corrected chi connectivity index (χ1v) is 11.4. The number of piperidine rings is 1. The molecule has 166 valence electrons. The van der Waals surface area contributed by atoms with Crippen LogP contribution < -0.4 is 5.32 Å². The second-order valence-corrected chi connectivity index (χ2v) is 9.05. The van der Waals surface area contributed by atoms with Crippen LogP contribution in [0.4, 0.5) is 4.39 Å². The van der Waals surface area contributed by atoms with Gasteiger partial charge in [0, 0.05) is 24.2 Å². The monoisotopic (exact) mass is 426 g/mol. The summed E-state index contributed by atoms with van der Waals surface area (Å²) in [4.78, 5) is 27.1. The molecule has 2 fully saturated rings. The fraction of sp³-hybridized carbons (Fsp3) is 0.520. The van der Waals surface area contributed by atoms with Crippen LogP contribution >= 0.6 is 0 Å². The number of hydrogen-bond acceptors (Lipinski definition) is 3. The maximum Gasteiger partial charge on any atom is 0.308 e. The molecule has 2 N–H and O–H groups in total. The van der Waals surface area contributed by atoms with E-state index < -0.39 is 29.7 Å². The van der Waals surface area contributed by atoms with Gasteiger partial charge in [0.15, 0.2) is 0 Å². The number of aliphatic carboxylic acids is 1. The number of allylic oxidation sites excluding steroid dienone is 2. The highest BCUT2D eigenvalue weighted by molar-refractivity contribution is 5.96. The Kier molecular flexibility index (Phi) is 6.44. The van der Waals surface area contributed by atoms with Crippen LogP contribution in [-0.2, 0) is 4.79 Å². The van der Waals surface area contributed by atoms with Crippen molar-refractivity contribution >= 4 is 11.9 Å². The largest absolute Gasteiger partial charge is 0.481 e. The van der Waals surface area contributed by atoms with Gasteiger partial charge < -0.3 is 15.3 Å². The summed E-state index contributed by atoms with van der Waals surface area (Å²) in [5, 5.41) is 13.5. The van der Waals surface area contributed by atoms with Crippen molar-refractivity contribution in [2.45, 2.75) is 64.0 Å². The minimum absolute atomic E-state index is 0.0532.